The maximum Gasteiger partial charge on any atom is 0.183 e. The Bertz CT molecular complexity index is 984. The number of nitrogens with zero attached hydrogens (tertiary/aromatic N) is 2. The number of likely N-dealkylation sites (tertiary alicyclic amines) is 1. The van der Waals surface area contributed by atoms with Gasteiger partial charge in [0.15, 0.2) is 5.88 Å². The highest BCUT2D eigenvalue weighted by atomic mass is 32.1. The van der Waals surface area contributed by atoms with Gasteiger partial charge in [-0.05, 0) is 56.7 Å². The first-order chi connectivity index (χ1) is 13.8. The van der Waals surface area contributed by atoms with Crippen LogP contribution in [0.4, 0.5) is 0 Å². The molecule has 1 aliphatic rings. The lowest BCUT2D eigenvalue weighted by atomic mass is 10.0. The Morgan fingerprint density at radius 3 is 2.66 bits per heavy atom. The molecule has 152 valence electrons. The number of hydrogen-bond donors (Lipinski definition) is 0. The van der Waals surface area contributed by atoms with Crippen molar-refractivity contribution in [2.45, 2.75) is 45.8 Å². The van der Waals surface area contributed by atoms with E-state index in [0.717, 1.165) is 29.6 Å². The van der Waals surface area contributed by atoms with Crippen molar-refractivity contribution in [1.82, 2.24) is 9.88 Å². The van der Waals surface area contributed by atoms with Gasteiger partial charge in [-0.25, -0.2) is 4.98 Å². The van der Waals surface area contributed by atoms with Crippen LogP contribution in [0.3, 0.4) is 0 Å². The summed E-state index contributed by atoms with van der Waals surface area (Å²) in [7, 11) is 0. The van der Waals surface area contributed by atoms with Gasteiger partial charge < -0.3 is 9.64 Å². The topological polar surface area (TPSA) is 25.4 Å². The van der Waals surface area contributed by atoms with Gasteiger partial charge in [-0.2, -0.15) is 0 Å². The molecule has 3 heterocycles. The Morgan fingerprint density at radius 2 is 1.93 bits per heavy atom. The molecule has 4 rings (SSSR count). The van der Waals surface area contributed by atoms with E-state index in [9.17, 15) is 0 Å². The van der Waals surface area contributed by atoms with Crippen molar-refractivity contribution in [2.75, 3.05) is 6.54 Å². The van der Waals surface area contributed by atoms with Crippen molar-refractivity contribution >= 4 is 22.7 Å². The summed E-state index contributed by atoms with van der Waals surface area (Å²) in [6.07, 6.45) is 1.13. The molecule has 3 nitrogen and oxygen atoms in total. The molecule has 2 aromatic heterocycles. The third-order valence-electron chi connectivity index (χ3n) is 5.20. The first kappa shape index (κ1) is 20.2. The van der Waals surface area contributed by atoms with Gasteiger partial charge in [-0.3, -0.25) is 0 Å². The standard InChI is InChI=1S/C24H28N2OS2/c1-16-11-13-26(17(2)27-24(3,4)5)21(16)23-25-20(15-29-23)22-19(12-14-28-22)18-9-7-6-8-10-18/h6-10,12,14-16,21H,2,11,13H2,1,3-5H3/t16-,21-/m0/s1. The van der Waals surface area contributed by atoms with Gasteiger partial charge in [-0.1, -0.05) is 37.3 Å². The zero-order valence-corrected chi connectivity index (χ0v) is 19.1. The summed E-state index contributed by atoms with van der Waals surface area (Å²) in [5, 5.41) is 5.50. The minimum Gasteiger partial charge on any atom is -0.474 e. The zero-order valence-electron chi connectivity index (χ0n) is 17.5. The van der Waals surface area contributed by atoms with Crippen LogP contribution in [0.5, 0.6) is 0 Å². The predicted octanol–water partition coefficient (Wildman–Crippen LogP) is 7.21. The molecule has 0 saturated carbocycles. The van der Waals surface area contributed by atoms with Crippen LogP contribution in [0.15, 0.2) is 59.6 Å². The second-order valence-electron chi connectivity index (χ2n) is 8.61. The van der Waals surface area contributed by atoms with E-state index in [4.69, 9.17) is 9.72 Å². The Kier molecular flexibility index (Phi) is 5.54. The van der Waals surface area contributed by atoms with Crippen molar-refractivity contribution in [3.63, 3.8) is 0 Å². The second kappa shape index (κ2) is 7.96. The monoisotopic (exact) mass is 424 g/mol. The molecule has 0 amide bonds. The fourth-order valence-corrected chi connectivity index (χ4v) is 5.90. The van der Waals surface area contributed by atoms with Gasteiger partial charge in [-0.15, -0.1) is 22.7 Å². The third-order valence-corrected chi connectivity index (χ3v) is 7.05. The van der Waals surface area contributed by atoms with Gasteiger partial charge in [0.25, 0.3) is 0 Å². The van der Waals surface area contributed by atoms with Crippen LogP contribution in [0.25, 0.3) is 21.7 Å². The molecule has 0 aliphatic carbocycles. The molecule has 1 aliphatic heterocycles. The number of rotatable bonds is 5. The molecule has 0 spiro atoms. The van der Waals surface area contributed by atoms with Crippen LogP contribution >= 0.6 is 22.7 Å². The van der Waals surface area contributed by atoms with Gasteiger partial charge in [0.1, 0.15) is 10.6 Å². The van der Waals surface area contributed by atoms with Crippen LogP contribution in [0, 0.1) is 5.92 Å². The maximum atomic E-state index is 6.09. The van der Waals surface area contributed by atoms with E-state index in [-0.39, 0.29) is 11.6 Å². The van der Waals surface area contributed by atoms with Crippen LogP contribution < -0.4 is 0 Å². The molecule has 1 aromatic carbocycles. The summed E-state index contributed by atoms with van der Waals surface area (Å²) in [4.78, 5) is 8.62. The SMILES string of the molecule is C=C(OC(C)(C)C)N1CC[C@H](C)[C@H]1c1nc(-c2sccc2-c2ccccc2)cs1. The Hall–Kier alpha value is -2.11. The first-order valence-electron chi connectivity index (χ1n) is 10.1. The van der Waals surface area contributed by atoms with E-state index >= 15 is 0 Å². The van der Waals surface area contributed by atoms with Gasteiger partial charge >= 0.3 is 0 Å². The predicted molar refractivity (Wildman–Crippen MR) is 124 cm³/mol. The molecule has 0 radical (unpaired) electrons. The van der Waals surface area contributed by atoms with Crippen molar-refractivity contribution in [1.29, 1.82) is 0 Å². The van der Waals surface area contributed by atoms with Crippen LogP contribution in [-0.4, -0.2) is 22.0 Å². The molecule has 1 saturated heterocycles. The molecule has 0 unspecified atom stereocenters. The molecule has 1 fully saturated rings. The normalized spacial score (nSPS) is 19.5. The van der Waals surface area contributed by atoms with Crippen molar-refractivity contribution in [3.05, 3.63) is 64.6 Å². The van der Waals surface area contributed by atoms with E-state index in [1.807, 2.05) is 0 Å². The van der Waals surface area contributed by atoms with Crippen LogP contribution in [0.2, 0.25) is 0 Å². The fourth-order valence-electron chi connectivity index (χ4n) is 3.90. The lowest BCUT2D eigenvalue weighted by Crippen LogP contribution is -2.30. The molecule has 2 atom stereocenters. The summed E-state index contributed by atoms with van der Waals surface area (Å²) in [5.41, 5.74) is 3.31. The molecule has 0 N–H and O–H groups in total. The van der Waals surface area contributed by atoms with Gasteiger partial charge in [0.05, 0.1) is 16.6 Å². The average Bonchev–Trinajstić information content (AvgIpc) is 3.39. The van der Waals surface area contributed by atoms with Crippen molar-refractivity contribution < 1.29 is 4.74 Å². The van der Waals surface area contributed by atoms with Crippen LogP contribution in [-0.2, 0) is 4.74 Å². The van der Waals surface area contributed by atoms with E-state index in [1.54, 1.807) is 22.7 Å². The molecular formula is C24H28N2OS2. The van der Waals surface area contributed by atoms with Gasteiger partial charge in [0.2, 0.25) is 0 Å². The smallest absolute Gasteiger partial charge is 0.183 e. The summed E-state index contributed by atoms with van der Waals surface area (Å²) in [5.74, 6) is 1.27. The quantitative estimate of drug-likeness (QED) is 0.405. The van der Waals surface area contributed by atoms with E-state index < -0.39 is 0 Å². The van der Waals surface area contributed by atoms with Crippen molar-refractivity contribution in [3.8, 4) is 21.7 Å². The minimum absolute atomic E-state index is 0.226. The van der Waals surface area contributed by atoms with E-state index in [0.29, 0.717) is 5.92 Å². The number of thiazole rings is 1. The fraction of sp³-hybridized carbons (Fsp3) is 0.375. The Labute approximate surface area is 181 Å². The molecular weight excluding hydrogens is 396 g/mol. The number of thiophene rings is 1. The highest BCUT2D eigenvalue weighted by Crippen LogP contribution is 2.44. The average molecular weight is 425 g/mol. The lowest BCUT2D eigenvalue weighted by molar-refractivity contribution is -0.00275. The molecule has 29 heavy (non-hydrogen) atoms. The number of aromatic nitrogens is 1. The summed E-state index contributed by atoms with van der Waals surface area (Å²) in [6.45, 7) is 13.7. The first-order valence-corrected chi connectivity index (χ1v) is 11.8. The van der Waals surface area contributed by atoms with E-state index in [2.05, 4.69) is 86.3 Å². The summed E-state index contributed by atoms with van der Waals surface area (Å²) < 4.78 is 6.09. The lowest BCUT2D eigenvalue weighted by Gasteiger charge is -2.32. The Morgan fingerprint density at radius 1 is 1.17 bits per heavy atom. The second-order valence-corrected chi connectivity index (χ2v) is 10.4. The number of ether oxygens (including phenoxy) is 1. The zero-order chi connectivity index (χ0) is 20.6. The van der Waals surface area contributed by atoms with Crippen LogP contribution in [0.1, 0.15) is 45.2 Å². The largest absolute Gasteiger partial charge is 0.474 e. The Balaban J connectivity index is 1.62. The van der Waals surface area contributed by atoms with E-state index in [1.165, 1.54) is 16.0 Å². The number of hydrogen-bond acceptors (Lipinski definition) is 5. The minimum atomic E-state index is -0.247. The summed E-state index contributed by atoms with van der Waals surface area (Å²) in [6, 6.07) is 13.0. The van der Waals surface area contributed by atoms with Crippen molar-refractivity contribution in [2.24, 2.45) is 5.92 Å². The highest BCUT2D eigenvalue weighted by Gasteiger charge is 2.37. The van der Waals surface area contributed by atoms with Gasteiger partial charge in [0, 0.05) is 17.5 Å². The molecule has 3 aromatic rings. The third kappa shape index (κ3) is 4.26. The maximum absolute atomic E-state index is 6.09. The molecule has 5 heteroatoms. The number of benzene rings is 1. The summed E-state index contributed by atoms with van der Waals surface area (Å²) >= 11 is 3.51. The molecule has 0 bridgehead atoms. The highest BCUT2D eigenvalue weighted by molar-refractivity contribution is 7.15.